The topological polar surface area (TPSA) is 74.8 Å². The third-order valence-corrected chi connectivity index (χ3v) is 3.59. The summed E-state index contributed by atoms with van der Waals surface area (Å²) in [5, 5.41) is 1.07. The van der Waals surface area contributed by atoms with Crippen molar-refractivity contribution < 1.29 is 4.79 Å². The van der Waals surface area contributed by atoms with E-state index in [9.17, 15) is 4.79 Å². The molecule has 0 spiro atoms. The van der Waals surface area contributed by atoms with Crippen molar-refractivity contribution in [2.24, 2.45) is 0 Å². The summed E-state index contributed by atoms with van der Waals surface area (Å²) in [6.07, 6.45) is 4.03. The number of amides is 1. The fourth-order valence-corrected chi connectivity index (χ4v) is 2.45. The van der Waals surface area contributed by atoms with Gasteiger partial charge in [0.25, 0.3) is 5.91 Å². The first-order valence-electron chi connectivity index (χ1n) is 6.42. The summed E-state index contributed by atoms with van der Waals surface area (Å²) in [5.41, 5.74) is 1.81. The van der Waals surface area contributed by atoms with E-state index >= 15 is 0 Å². The minimum Gasteiger partial charge on any atom is -0.334 e. The van der Waals surface area contributed by atoms with E-state index in [2.05, 4.69) is 33.1 Å². The van der Waals surface area contributed by atoms with Gasteiger partial charge in [-0.3, -0.25) is 14.8 Å². The first-order chi connectivity index (χ1) is 9.58. The highest BCUT2D eigenvalue weighted by Gasteiger charge is 2.31. The number of aromatic nitrogens is 4. The summed E-state index contributed by atoms with van der Waals surface area (Å²) in [6.45, 7) is 10.0. The Hall–Kier alpha value is -2.50. The van der Waals surface area contributed by atoms with Crippen molar-refractivity contribution in [2.75, 3.05) is 6.54 Å². The van der Waals surface area contributed by atoms with E-state index in [4.69, 9.17) is 0 Å². The lowest BCUT2D eigenvalue weighted by Crippen LogP contribution is -2.40. The number of carbonyl (C=O) groups excluding carboxylic acids is 1. The highest BCUT2D eigenvalue weighted by atomic mass is 16.2. The maximum Gasteiger partial charge on any atom is 0.290 e. The first-order valence-corrected chi connectivity index (χ1v) is 6.42. The molecule has 2 aromatic rings. The van der Waals surface area contributed by atoms with Crippen LogP contribution in [0.4, 0.5) is 0 Å². The zero-order valence-corrected chi connectivity index (χ0v) is 11.3. The van der Waals surface area contributed by atoms with Gasteiger partial charge in [-0.2, -0.15) is 0 Å². The van der Waals surface area contributed by atoms with Crippen LogP contribution in [0.2, 0.25) is 0 Å². The summed E-state index contributed by atoms with van der Waals surface area (Å²) in [5.74, 6) is 0.118. The standard InChI is InChI=1S/C14H15N5O/c1-8-9(2)18-13(17-8)14(20)19-7-4-11-12(10(19)3)16-6-5-15-11/h5-6,10H,1-2,4,7H2,3H3,(H,17,18). The van der Waals surface area contributed by atoms with E-state index in [1.54, 1.807) is 17.3 Å². The van der Waals surface area contributed by atoms with Crippen LogP contribution in [0.15, 0.2) is 12.4 Å². The van der Waals surface area contributed by atoms with Crippen molar-refractivity contribution in [2.45, 2.75) is 19.4 Å². The molecule has 1 unspecified atom stereocenters. The van der Waals surface area contributed by atoms with Gasteiger partial charge in [-0.25, -0.2) is 4.98 Å². The number of aromatic amines is 1. The maximum absolute atomic E-state index is 12.5. The van der Waals surface area contributed by atoms with Crippen molar-refractivity contribution in [3.05, 3.63) is 40.3 Å². The van der Waals surface area contributed by atoms with Crippen LogP contribution in [-0.4, -0.2) is 37.3 Å². The molecule has 0 saturated carbocycles. The Morgan fingerprint density at radius 3 is 2.85 bits per heavy atom. The number of nitrogens with zero attached hydrogens (tertiary/aromatic N) is 4. The number of fused-ring (bicyclic) bond motifs is 1. The Morgan fingerprint density at radius 2 is 2.15 bits per heavy atom. The normalized spacial score (nSPS) is 17.9. The maximum atomic E-state index is 12.5. The summed E-state index contributed by atoms with van der Waals surface area (Å²) in [7, 11) is 0. The van der Waals surface area contributed by atoms with Gasteiger partial charge in [0.1, 0.15) is 0 Å². The molecular weight excluding hydrogens is 254 g/mol. The largest absolute Gasteiger partial charge is 0.334 e. The first kappa shape index (κ1) is 12.5. The molecule has 1 aliphatic heterocycles. The molecule has 1 N–H and O–H groups in total. The van der Waals surface area contributed by atoms with Crippen molar-refractivity contribution in [1.82, 2.24) is 24.8 Å². The van der Waals surface area contributed by atoms with Crippen LogP contribution < -0.4 is 10.7 Å². The van der Waals surface area contributed by atoms with Crippen LogP contribution in [0, 0.1) is 0 Å². The fraction of sp³-hybridized carbons (Fsp3) is 0.286. The number of nitrogens with one attached hydrogen (secondary N) is 1. The molecule has 1 atom stereocenters. The highest BCUT2D eigenvalue weighted by Crippen LogP contribution is 2.26. The molecule has 20 heavy (non-hydrogen) atoms. The molecule has 6 heteroatoms. The molecule has 0 radical (unpaired) electrons. The van der Waals surface area contributed by atoms with Gasteiger partial charge in [-0.05, 0) is 6.92 Å². The number of hydrogen-bond acceptors (Lipinski definition) is 4. The Kier molecular flexibility index (Phi) is 2.85. The number of imidazole rings is 1. The molecule has 1 aliphatic rings. The van der Waals surface area contributed by atoms with Crippen molar-refractivity contribution in [3.63, 3.8) is 0 Å². The van der Waals surface area contributed by atoms with Gasteiger partial charge in [-0.1, -0.05) is 13.2 Å². The summed E-state index contributed by atoms with van der Waals surface area (Å²) < 4.78 is 0. The van der Waals surface area contributed by atoms with Gasteiger partial charge in [0, 0.05) is 25.4 Å². The highest BCUT2D eigenvalue weighted by molar-refractivity contribution is 5.91. The van der Waals surface area contributed by atoms with Gasteiger partial charge in [-0.15, -0.1) is 0 Å². The van der Waals surface area contributed by atoms with Gasteiger partial charge in [0.05, 0.1) is 28.1 Å². The molecule has 0 fully saturated rings. The molecular formula is C14H15N5O. The average molecular weight is 269 g/mol. The number of rotatable bonds is 1. The molecule has 0 aromatic carbocycles. The quantitative estimate of drug-likeness (QED) is 0.776. The van der Waals surface area contributed by atoms with Crippen LogP contribution in [0.25, 0.3) is 13.2 Å². The van der Waals surface area contributed by atoms with Gasteiger partial charge in [0.15, 0.2) is 5.82 Å². The molecule has 1 amide bonds. The lowest BCUT2D eigenvalue weighted by Gasteiger charge is -2.33. The Balaban J connectivity index is 1.94. The minimum absolute atomic E-state index is 0.119. The van der Waals surface area contributed by atoms with Crippen LogP contribution in [0.1, 0.15) is 35.0 Å². The Morgan fingerprint density at radius 1 is 1.40 bits per heavy atom. The zero-order valence-electron chi connectivity index (χ0n) is 11.3. The van der Waals surface area contributed by atoms with E-state index in [0.717, 1.165) is 11.4 Å². The van der Waals surface area contributed by atoms with Crippen LogP contribution in [0.3, 0.4) is 0 Å². The summed E-state index contributed by atoms with van der Waals surface area (Å²) in [4.78, 5) is 29.9. The monoisotopic (exact) mass is 269 g/mol. The SMILES string of the molecule is C=c1nc(C(=O)N2CCc3nccnc3C2C)[nH]c1=C. The second-order valence-corrected chi connectivity index (χ2v) is 4.82. The van der Waals surface area contributed by atoms with Crippen LogP contribution in [0.5, 0.6) is 0 Å². The van der Waals surface area contributed by atoms with Gasteiger partial charge >= 0.3 is 0 Å². The third kappa shape index (κ3) is 1.89. The predicted molar refractivity (Wildman–Crippen MR) is 74.1 cm³/mol. The van der Waals surface area contributed by atoms with E-state index < -0.39 is 0 Å². The fourth-order valence-electron chi connectivity index (χ4n) is 2.45. The van der Waals surface area contributed by atoms with Crippen molar-refractivity contribution in [3.8, 4) is 0 Å². The lowest BCUT2D eigenvalue weighted by molar-refractivity contribution is 0.0659. The van der Waals surface area contributed by atoms with Crippen LogP contribution in [-0.2, 0) is 6.42 Å². The number of hydrogen-bond donors (Lipinski definition) is 1. The second kappa shape index (κ2) is 4.56. The summed E-state index contributed by atoms with van der Waals surface area (Å²) in [6, 6.07) is -0.119. The molecule has 102 valence electrons. The second-order valence-electron chi connectivity index (χ2n) is 4.82. The molecule has 0 bridgehead atoms. The summed E-state index contributed by atoms with van der Waals surface area (Å²) >= 11 is 0. The van der Waals surface area contributed by atoms with Crippen molar-refractivity contribution in [1.29, 1.82) is 0 Å². The lowest BCUT2D eigenvalue weighted by atomic mass is 10.0. The average Bonchev–Trinajstić information content (AvgIpc) is 2.79. The van der Waals surface area contributed by atoms with Crippen molar-refractivity contribution >= 4 is 19.1 Å². The predicted octanol–water partition coefficient (Wildman–Crippen LogP) is -0.220. The molecule has 2 aromatic heterocycles. The molecule has 3 rings (SSSR count). The van der Waals surface area contributed by atoms with Gasteiger partial charge < -0.3 is 9.88 Å². The Labute approximate surface area is 115 Å². The Bertz CT molecular complexity index is 739. The van der Waals surface area contributed by atoms with E-state index in [0.29, 0.717) is 23.7 Å². The third-order valence-electron chi connectivity index (χ3n) is 3.59. The zero-order chi connectivity index (χ0) is 14.3. The van der Waals surface area contributed by atoms with Gasteiger partial charge in [0.2, 0.25) is 0 Å². The van der Waals surface area contributed by atoms with E-state index in [1.165, 1.54) is 0 Å². The smallest absolute Gasteiger partial charge is 0.290 e. The minimum atomic E-state index is -0.159. The number of H-pyrrole nitrogens is 1. The molecule has 3 heterocycles. The molecule has 0 saturated heterocycles. The van der Waals surface area contributed by atoms with E-state index in [-0.39, 0.29) is 17.8 Å². The molecule has 0 aliphatic carbocycles. The van der Waals surface area contributed by atoms with E-state index in [1.807, 2.05) is 6.92 Å². The number of carbonyl (C=O) groups is 1. The molecule has 6 nitrogen and oxygen atoms in total. The van der Waals surface area contributed by atoms with Crippen LogP contribution >= 0.6 is 0 Å².